The van der Waals surface area contributed by atoms with Crippen molar-refractivity contribution < 1.29 is 13.9 Å². The number of nitrogens with zero attached hydrogens (tertiary/aromatic N) is 1. The third-order valence-electron chi connectivity index (χ3n) is 4.44. The molecule has 0 radical (unpaired) electrons. The van der Waals surface area contributed by atoms with E-state index in [1.807, 2.05) is 19.9 Å². The second-order valence-electron chi connectivity index (χ2n) is 6.39. The maximum absolute atomic E-state index is 13.6. The first kappa shape index (κ1) is 24.1. The first-order valence-corrected chi connectivity index (χ1v) is 9.98. The number of carbonyl (C=O) groups excluding carboxylic acids is 1. The van der Waals surface area contributed by atoms with Crippen LogP contribution < -0.4 is 10.6 Å². The fraction of sp³-hybridized carbons (Fsp3) is 0.579. The van der Waals surface area contributed by atoms with Crippen molar-refractivity contribution >= 4 is 51.8 Å². The average Bonchev–Trinajstić information content (AvgIpc) is 2.63. The Morgan fingerprint density at radius 2 is 2.00 bits per heavy atom. The van der Waals surface area contributed by atoms with E-state index in [9.17, 15) is 9.18 Å². The van der Waals surface area contributed by atoms with Crippen LogP contribution in [-0.4, -0.2) is 31.1 Å². The molecule has 0 spiro atoms. The van der Waals surface area contributed by atoms with Gasteiger partial charge in [0.2, 0.25) is 0 Å². The normalized spacial score (nSPS) is 19.8. The van der Waals surface area contributed by atoms with E-state index in [2.05, 4.69) is 31.6 Å². The van der Waals surface area contributed by atoms with E-state index in [1.165, 1.54) is 6.07 Å². The standard InChI is InChI=1S/C19H27BrFN3O2.HI/c1-3-22-19(23-12-13-5-10-16(20)17(21)11-13)24-15-8-6-14(7-9-15)18(25)26-4-2;/h5,10-11,14-15H,3-4,6-9,12H2,1-2H3,(H2,22,23,24);1H. The Morgan fingerprint density at radius 3 is 2.59 bits per heavy atom. The lowest BCUT2D eigenvalue weighted by Crippen LogP contribution is -2.45. The van der Waals surface area contributed by atoms with Gasteiger partial charge in [-0.25, -0.2) is 9.38 Å². The number of hydrogen-bond donors (Lipinski definition) is 2. The number of carbonyl (C=O) groups is 1. The monoisotopic (exact) mass is 555 g/mol. The molecule has 1 saturated carbocycles. The Morgan fingerprint density at radius 1 is 1.30 bits per heavy atom. The predicted molar refractivity (Wildman–Crippen MR) is 120 cm³/mol. The SMILES string of the molecule is CCNC(=NCc1ccc(Br)c(F)c1)NC1CCC(C(=O)OCC)CC1.I. The third-order valence-corrected chi connectivity index (χ3v) is 5.08. The number of hydrogen-bond acceptors (Lipinski definition) is 3. The second kappa shape index (κ2) is 12.5. The highest BCUT2D eigenvalue weighted by molar-refractivity contribution is 14.0. The smallest absolute Gasteiger partial charge is 0.308 e. The highest BCUT2D eigenvalue weighted by Crippen LogP contribution is 2.25. The molecule has 0 atom stereocenters. The molecule has 0 saturated heterocycles. The first-order valence-electron chi connectivity index (χ1n) is 9.18. The zero-order valence-corrected chi connectivity index (χ0v) is 19.7. The molecular weight excluding hydrogens is 528 g/mol. The summed E-state index contributed by atoms with van der Waals surface area (Å²) >= 11 is 3.16. The lowest BCUT2D eigenvalue weighted by Gasteiger charge is -2.29. The van der Waals surface area contributed by atoms with Gasteiger partial charge in [0.05, 0.1) is 23.5 Å². The summed E-state index contributed by atoms with van der Waals surface area (Å²) in [7, 11) is 0. The lowest BCUT2D eigenvalue weighted by molar-refractivity contribution is -0.149. The van der Waals surface area contributed by atoms with Crippen molar-refractivity contribution in [1.82, 2.24) is 10.6 Å². The molecule has 2 N–H and O–H groups in total. The van der Waals surface area contributed by atoms with Crippen LogP contribution in [0.1, 0.15) is 45.1 Å². The van der Waals surface area contributed by atoms with Gasteiger partial charge < -0.3 is 15.4 Å². The number of nitrogens with one attached hydrogen (secondary N) is 2. The molecule has 0 heterocycles. The Hall–Kier alpha value is -0.900. The Kier molecular flexibility index (Phi) is 11.2. The fourth-order valence-electron chi connectivity index (χ4n) is 3.06. The molecule has 0 aliphatic heterocycles. The van der Waals surface area contributed by atoms with E-state index < -0.39 is 0 Å². The molecule has 5 nitrogen and oxygen atoms in total. The second-order valence-corrected chi connectivity index (χ2v) is 7.24. The number of rotatable bonds is 6. The topological polar surface area (TPSA) is 62.7 Å². The summed E-state index contributed by atoms with van der Waals surface area (Å²) in [6.07, 6.45) is 3.46. The van der Waals surface area contributed by atoms with Crippen molar-refractivity contribution in [3.05, 3.63) is 34.1 Å². The highest BCUT2D eigenvalue weighted by Gasteiger charge is 2.27. The number of esters is 1. The Bertz CT molecular complexity index is 637. The van der Waals surface area contributed by atoms with Crippen LogP contribution in [0.5, 0.6) is 0 Å². The first-order chi connectivity index (χ1) is 12.5. The molecule has 2 rings (SSSR count). The molecule has 8 heteroatoms. The highest BCUT2D eigenvalue weighted by atomic mass is 127. The Labute approximate surface area is 186 Å². The van der Waals surface area contributed by atoms with Gasteiger partial charge in [-0.3, -0.25) is 4.79 Å². The van der Waals surface area contributed by atoms with Crippen LogP contribution in [0.3, 0.4) is 0 Å². The van der Waals surface area contributed by atoms with E-state index in [1.54, 1.807) is 6.07 Å². The van der Waals surface area contributed by atoms with Crippen molar-refractivity contribution in [2.45, 2.75) is 52.1 Å². The minimum atomic E-state index is -0.284. The van der Waals surface area contributed by atoms with Gasteiger partial charge in [-0.2, -0.15) is 0 Å². The number of halogens is 3. The van der Waals surface area contributed by atoms with Crippen LogP contribution in [0.2, 0.25) is 0 Å². The molecule has 1 aliphatic rings. The molecule has 1 aromatic carbocycles. The Balaban J connectivity index is 0.00000364. The van der Waals surface area contributed by atoms with Crippen LogP contribution in [-0.2, 0) is 16.1 Å². The minimum Gasteiger partial charge on any atom is -0.466 e. The summed E-state index contributed by atoms with van der Waals surface area (Å²) < 4.78 is 19.2. The summed E-state index contributed by atoms with van der Waals surface area (Å²) in [5.74, 6) is 0.366. The van der Waals surface area contributed by atoms with Crippen LogP contribution in [0.4, 0.5) is 4.39 Å². The summed E-state index contributed by atoms with van der Waals surface area (Å²) in [4.78, 5) is 16.4. The van der Waals surface area contributed by atoms with Gasteiger partial charge in [0, 0.05) is 12.6 Å². The summed E-state index contributed by atoms with van der Waals surface area (Å²) in [5.41, 5.74) is 0.814. The predicted octanol–water partition coefficient (Wildman–Crippen LogP) is 4.38. The number of guanidine groups is 1. The van der Waals surface area contributed by atoms with E-state index in [4.69, 9.17) is 4.74 Å². The van der Waals surface area contributed by atoms with E-state index >= 15 is 0 Å². The van der Waals surface area contributed by atoms with Crippen molar-refractivity contribution in [2.24, 2.45) is 10.9 Å². The van der Waals surface area contributed by atoms with Gasteiger partial charge in [-0.15, -0.1) is 24.0 Å². The molecule has 0 amide bonds. The summed E-state index contributed by atoms with van der Waals surface area (Å²) in [6, 6.07) is 5.31. The molecule has 0 aromatic heterocycles. The zero-order chi connectivity index (χ0) is 18.9. The molecular formula is C19H28BrFIN3O2. The van der Waals surface area contributed by atoms with Crippen LogP contribution >= 0.6 is 39.9 Å². The maximum Gasteiger partial charge on any atom is 0.308 e. The van der Waals surface area contributed by atoms with Crippen molar-refractivity contribution in [3.8, 4) is 0 Å². The lowest BCUT2D eigenvalue weighted by atomic mass is 9.86. The molecule has 0 unspecified atom stereocenters. The maximum atomic E-state index is 13.6. The molecule has 27 heavy (non-hydrogen) atoms. The molecule has 1 aromatic rings. The molecule has 0 bridgehead atoms. The fourth-order valence-corrected chi connectivity index (χ4v) is 3.30. The molecule has 1 aliphatic carbocycles. The van der Waals surface area contributed by atoms with Crippen LogP contribution in [0, 0.1) is 11.7 Å². The van der Waals surface area contributed by atoms with Crippen molar-refractivity contribution in [2.75, 3.05) is 13.2 Å². The van der Waals surface area contributed by atoms with Crippen molar-refractivity contribution in [3.63, 3.8) is 0 Å². The van der Waals surface area contributed by atoms with E-state index in [0.717, 1.165) is 43.8 Å². The number of ether oxygens (including phenoxy) is 1. The number of aliphatic imine (C=N–C) groups is 1. The summed E-state index contributed by atoms with van der Waals surface area (Å²) in [6.45, 7) is 5.43. The van der Waals surface area contributed by atoms with Gasteiger partial charge in [0.15, 0.2) is 5.96 Å². The van der Waals surface area contributed by atoms with Crippen LogP contribution in [0.25, 0.3) is 0 Å². The van der Waals surface area contributed by atoms with E-state index in [0.29, 0.717) is 17.6 Å². The average molecular weight is 556 g/mol. The largest absolute Gasteiger partial charge is 0.466 e. The zero-order valence-electron chi connectivity index (χ0n) is 15.8. The molecule has 152 valence electrons. The van der Waals surface area contributed by atoms with E-state index in [-0.39, 0.29) is 47.7 Å². The van der Waals surface area contributed by atoms with Crippen molar-refractivity contribution in [1.29, 1.82) is 0 Å². The van der Waals surface area contributed by atoms with Gasteiger partial charge in [0.25, 0.3) is 0 Å². The number of benzene rings is 1. The van der Waals surface area contributed by atoms with Crippen LogP contribution in [0.15, 0.2) is 27.7 Å². The summed E-state index contributed by atoms with van der Waals surface area (Å²) in [5, 5.41) is 6.65. The minimum absolute atomic E-state index is 0. The van der Waals surface area contributed by atoms with Gasteiger partial charge in [0.1, 0.15) is 5.82 Å². The van der Waals surface area contributed by atoms with Gasteiger partial charge >= 0.3 is 5.97 Å². The third kappa shape index (κ3) is 7.93. The van der Waals surface area contributed by atoms with Gasteiger partial charge in [-0.1, -0.05) is 6.07 Å². The van der Waals surface area contributed by atoms with Gasteiger partial charge in [-0.05, 0) is 73.2 Å². The quantitative estimate of drug-likeness (QED) is 0.237. The molecule has 1 fully saturated rings.